The van der Waals surface area contributed by atoms with Gasteiger partial charge in [0.05, 0.1) is 18.1 Å². The molecule has 8 nitrogen and oxygen atoms in total. The zero-order chi connectivity index (χ0) is 21.8. The van der Waals surface area contributed by atoms with E-state index < -0.39 is 5.91 Å². The highest BCUT2D eigenvalue weighted by atomic mass is 32.2. The molecule has 0 spiro atoms. The quantitative estimate of drug-likeness (QED) is 0.541. The van der Waals surface area contributed by atoms with Crippen LogP contribution < -0.4 is 5.73 Å². The molecule has 0 radical (unpaired) electrons. The first kappa shape index (κ1) is 21.2. The van der Waals surface area contributed by atoms with E-state index in [1.807, 2.05) is 18.0 Å². The third kappa shape index (κ3) is 4.66. The number of carbonyl (C=O) groups is 2. The predicted molar refractivity (Wildman–Crippen MR) is 117 cm³/mol. The molecule has 1 aromatic carbocycles. The molecule has 1 aliphatic rings. The summed E-state index contributed by atoms with van der Waals surface area (Å²) in [5.74, 6) is 0.890. The summed E-state index contributed by atoms with van der Waals surface area (Å²) in [5, 5.41) is 8.98. The molecule has 0 aliphatic heterocycles. The van der Waals surface area contributed by atoms with E-state index in [1.54, 1.807) is 23.0 Å². The maximum atomic E-state index is 13.0. The first-order valence-corrected chi connectivity index (χ1v) is 11.2. The summed E-state index contributed by atoms with van der Waals surface area (Å²) in [7, 11) is 1.86. The number of benzene rings is 1. The van der Waals surface area contributed by atoms with E-state index in [9.17, 15) is 9.59 Å². The van der Waals surface area contributed by atoms with Gasteiger partial charge < -0.3 is 15.1 Å². The van der Waals surface area contributed by atoms with Crippen molar-refractivity contribution in [2.75, 3.05) is 12.8 Å². The summed E-state index contributed by atoms with van der Waals surface area (Å²) in [6.07, 6.45) is 4.78. The van der Waals surface area contributed by atoms with Crippen LogP contribution in [0.2, 0.25) is 0 Å². The van der Waals surface area contributed by atoms with Crippen molar-refractivity contribution >= 4 is 23.6 Å². The van der Waals surface area contributed by atoms with Gasteiger partial charge in [0.15, 0.2) is 16.7 Å². The molecule has 9 heteroatoms. The largest absolute Gasteiger partial charge is 0.461 e. The van der Waals surface area contributed by atoms with Gasteiger partial charge in [-0.25, -0.2) is 0 Å². The number of hydrogen-bond donors (Lipinski definition) is 1. The molecule has 2 N–H and O–H groups in total. The van der Waals surface area contributed by atoms with Crippen LogP contribution in [0, 0.1) is 0 Å². The van der Waals surface area contributed by atoms with Crippen LogP contribution in [0.25, 0.3) is 11.6 Å². The van der Waals surface area contributed by atoms with Gasteiger partial charge in [0.25, 0.3) is 0 Å². The van der Waals surface area contributed by atoms with Crippen molar-refractivity contribution in [3.63, 3.8) is 0 Å². The smallest absolute Gasteiger partial charge is 0.233 e. The molecule has 1 aliphatic carbocycles. The molecular formula is C22H25N5O3S. The van der Waals surface area contributed by atoms with Gasteiger partial charge in [-0.3, -0.25) is 14.2 Å². The standard InChI is InChI=1S/C22H25N5O3S/c1-26(17-9-4-7-15-6-2-3-8-16(15)17)20(29)14-31-22-25-24-21(18-10-5-13-30-18)27(22)12-11-19(23)28/h2-3,5-6,8,10,13,17H,4,7,9,11-12,14H2,1H3,(H2,23,28). The molecule has 4 rings (SSSR count). The Morgan fingerprint density at radius 3 is 2.87 bits per heavy atom. The number of rotatable bonds is 8. The Morgan fingerprint density at radius 1 is 1.26 bits per heavy atom. The Kier molecular flexibility index (Phi) is 6.41. The number of aryl methyl sites for hydroxylation is 1. The van der Waals surface area contributed by atoms with Gasteiger partial charge in [-0.1, -0.05) is 36.0 Å². The van der Waals surface area contributed by atoms with Crippen molar-refractivity contribution in [3.8, 4) is 11.6 Å². The summed E-state index contributed by atoms with van der Waals surface area (Å²) in [6.45, 7) is 0.320. The summed E-state index contributed by atoms with van der Waals surface area (Å²) < 4.78 is 7.21. The number of aromatic nitrogens is 3. The van der Waals surface area contributed by atoms with E-state index in [0.29, 0.717) is 23.3 Å². The number of thioether (sulfide) groups is 1. The van der Waals surface area contributed by atoms with E-state index in [-0.39, 0.29) is 24.1 Å². The van der Waals surface area contributed by atoms with E-state index in [2.05, 4.69) is 28.4 Å². The molecule has 1 unspecified atom stereocenters. The topological polar surface area (TPSA) is 107 Å². The molecule has 2 amide bonds. The summed E-state index contributed by atoms with van der Waals surface area (Å²) in [5.41, 5.74) is 7.88. The molecule has 3 aromatic rings. The first-order chi connectivity index (χ1) is 15.0. The molecule has 2 aromatic heterocycles. The third-order valence-corrected chi connectivity index (χ3v) is 6.52. The number of nitrogens with two attached hydrogens (primary N) is 1. The minimum Gasteiger partial charge on any atom is -0.461 e. The fourth-order valence-electron chi connectivity index (χ4n) is 3.94. The highest BCUT2D eigenvalue weighted by Gasteiger charge is 2.27. The Morgan fingerprint density at radius 2 is 2.10 bits per heavy atom. The SMILES string of the molecule is CN(C(=O)CSc1nnc(-c2ccco2)n1CCC(N)=O)C1CCCc2ccccc21. The van der Waals surface area contributed by atoms with Crippen LogP contribution in [0.4, 0.5) is 0 Å². The van der Waals surface area contributed by atoms with Crippen molar-refractivity contribution in [3.05, 3.63) is 53.8 Å². The number of nitrogens with zero attached hydrogens (tertiary/aromatic N) is 4. The van der Waals surface area contributed by atoms with Gasteiger partial charge in [-0.15, -0.1) is 10.2 Å². The number of hydrogen-bond acceptors (Lipinski definition) is 6. The van der Waals surface area contributed by atoms with E-state index >= 15 is 0 Å². The molecule has 0 fully saturated rings. The van der Waals surface area contributed by atoms with Gasteiger partial charge in [0, 0.05) is 20.0 Å². The van der Waals surface area contributed by atoms with Crippen LogP contribution in [0.15, 0.2) is 52.2 Å². The number of furan rings is 1. The Labute approximate surface area is 184 Å². The second-order valence-corrected chi connectivity index (χ2v) is 8.49. The van der Waals surface area contributed by atoms with Crippen LogP contribution in [0.1, 0.15) is 36.4 Å². The zero-order valence-corrected chi connectivity index (χ0v) is 18.2. The molecule has 0 saturated carbocycles. The van der Waals surface area contributed by atoms with E-state index in [4.69, 9.17) is 10.2 Å². The molecular weight excluding hydrogens is 414 g/mol. The van der Waals surface area contributed by atoms with Gasteiger partial charge in [-0.2, -0.15) is 0 Å². The van der Waals surface area contributed by atoms with Crippen molar-refractivity contribution in [1.82, 2.24) is 19.7 Å². The fraction of sp³-hybridized carbons (Fsp3) is 0.364. The maximum absolute atomic E-state index is 13.0. The molecule has 0 bridgehead atoms. The first-order valence-electron chi connectivity index (χ1n) is 10.3. The van der Waals surface area contributed by atoms with E-state index in [0.717, 1.165) is 19.3 Å². The average Bonchev–Trinajstić information content (AvgIpc) is 3.44. The third-order valence-electron chi connectivity index (χ3n) is 5.56. The van der Waals surface area contributed by atoms with Crippen LogP contribution in [-0.4, -0.2) is 44.3 Å². The predicted octanol–water partition coefficient (Wildman–Crippen LogP) is 3.04. The minimum absolute atomic E-state index is 0.0238. The second kappa shape index (κ2) is 9.38. The Bertz CT molecular complexity index is 1060. The number of carbonyl (C=O) groups excluding carboxylic acids is 2. The second-order valence-electron chi connectivity index (χ2n) is 7.55. The fourth-order valence-corrected chi connectivity index (χ4v) is 4.83. The molecule has 0 saturated heterocycles. The van der Waals surface area contributed by atoms with Crippen LogP contribution >= 0.6 is 11.8 Å². The lowest BCUT2D eigenvalue weighted by Gasteiger charge is -2.33. The highest BCUT2D eigenvalue weighted by Crippen LogP contribution is 2.34. The van der Waals surface area contributed by atoms with Crippen molar-refractivity contribution < 1.29 is 14.0 Å². The average molecular weight is 440 g/mol. The maximum Gasteiger partial charge on any atom is 0.233 e. The lowest BCUT2D eigenvalue weighted by Crippen LogP contribution is -2.34. The summed E-state index contributed by atoms with van der Waals surface area (Å²) in [4.78, 5) is 26.1. The lowest BCUT2D eigenvalue weighted by molar-refractivity contribution is -0.129. The minimum atomic E-state index is -0.415. The van der Waals surface area contributed by atoms with E-state index in [1.165, 1.54) is 22.9 Å². The lowest BCUT2D eigenvalue weighted by atomic mass is 9.87. The van der Waals surface area contributed by atoms with Crippen molar-refractivity contribution in [2.45, 2.75) is 43.4 Å². The molecule has 162 valence electrons. The van der Waals surface area contributed by atoms with Crippen molar-refractivity contribution in [1.29, 1.82) is 0 Å². The monoisotopic (exact) mass is 439 g/mol. The van der Waals surface area contributed by atoms with Crippen LogP contribution in [0.5, 0.6) is 0 Å². The van der Waals surface area contributed by atoms with Crippen LogP contribution in [-0.2, 0) is 22.6 Å². The molecule has 2 heterocycles. The highest BCUT2D eigenvalue weighted by molar-refractivity contribution is 7.99. The molecule has 31 heavy (non-hydrogen) atoms. The van der Waals surface area contributed by atoms with Crippen molar-refractivity contribution in [2.24, 2.45) is 5.73 Å². The van der Waals surface area contributed by atoms with Gasteiger partial charge >= 0.3 is 0 Å². The Balaban J connectivity index is 1.47. The molecule has 1 atom stereocenters. The zero-order valence-electron chi connectivity index (χ0n) is 17.4. The number of amides is 2. The van der Waals surface area contributed by atoms with Gasteiger partial charge in [0.1, 0.15) is 0 Å². The normalized spacial score (nSPS) is 15.5. The summed E-state index contributed by atoms with van der Waals surface area (Å²) >= 11 is 1.30. The number of fused-ring (bicyclic) bond motifs is 1. The number of primary amides is 1. The van der Waals surface area contributed by atoms with Gasteiger partial charge in [-0.05, 0) is 42.5 Å². The Hall–Kier alpha value is -3.07. The summed E-state index contributed by atoms with van der Waals surface area (Å²) in [6, 6.07) is 12.0. The van der Waals surface area contributed by atoms with Gasteiger partial charge in [0.2, 0.25) is 11.8 Å². The van der Waals surface area contributed by atoms with Crippen LogP contribution in [0.3, 0.4) is 0 Å².